The first-order valence-electron chi connectivity index (χ1n) is 10.8. The van der Waals surface area contributed by atoms with Crippen molar-refractivity contribution in [2.75, 3.05) is 6.54 Å². The lowest BCUT2D eigenvalue weighted by Crippen LogP contribution is -2.40. The van der Waals surface area contributed by atoms with Gasteiger partial charge in [-0.15, -0.1) is 9.24 Å². The van der Waals surface area contributed by atoms with Crippen molar-refractivity contribution in [1.82, 2.24) is 29.5 Å². The number of imidazole rings is 1. The summed E-state index contributed by atoms with van der Waals surface area (Å²) in [7, 11) is 2.84. The molecule has 0 radical (unpaired) electrons. The van der Waals surface area contributed by atoms with Crippen LogP contribution < -0.4 is 0 Å². The number of oxazole rings is 1. The van der Waals surface area contributed by atoms with Gasteiger partial charge in [-0.25, -0.2) is 14.5 Å². The third-order valence-corrected chi connectivity index (χ3v) is 6.23. The molecule has 9 heteroatoms. The normalized spacial score (nSPS) is 17.5. The fraction of sp³-hybridized carbons (Fsp3) is 0.391. The quantitative estimate of drug-likeness (QED) is 0.475. The number of fused-ring (bicyclic) bond motifs is 2. The monoisotopic (exact) mass is 450 g/mol. The molecule has 4 aromatic heterocycles. The number of carbonyl (C=O) groups is 1. The number of nitrogens with zero attached hydrogens (tertiary/aromatic N) is 5. The van der Waals surface area contributed by atoms with Crippen LogP contribution in [0.4, 0.5) is 0 Å². The zero-order chi connectivity index (χ0) is 22.6. The summed E-state index contributed by atoms with van der Waals surface area (Å²) in [6.07, 6.45) is 5.84. The Bertz CT molecular complexity index is 1300. The maximum absolute atomic E-state index is 13.6. The molecule has 8 nitrogen and oxygen atoms in total. The van der Waals surface area contributed by atoms with Crippen LogP contribution in [0.15, 0.2) is 41.3 Å². The van der Waals surface area contributed by atoms with Crippen LogP contribution in [-0.4, -0.2) is 41.9 Å². The second-order valence-corrected chi connectivity index (χ2v) is 10.3. The van der Waals surface area contributed by atoms with E-state index in [-0.39, 0.29) is 22.7 Å². The average Bonchev–Trinajstić information content (AvgIpc) is 3.50. The minimum absolute atomic E-state index is 0.205. The second kappa shape index (κ2) is 7.55. The highest BCUT2D eigenvalue weighted by Crippen LogP contribution is 2.36. The number of hydrogen-bond acceptors (Lipinski definition) is 5. The largest absolute Gasteiger partial charge is 0.435 e. The van der Waals surface area contributed by atoms with Gasteiger partial charge in [-0.2, -0.15) is 5.10 Å². The molecule has 0 fully saturated rings. The number of aromatic nitrogens is 5. The SMILES string of the molecule is CC(P)c1cccn2nc([C@@H]3c4nc[nH]c4CCN3C(=O)c3cnc(C(C)(C)C)o3)cc12. The molecule has 0 aromatic carbocycles. The van der Waals surface area contributed by atoms with E-state index in [1.807, 2.05) is 37.5 Å². The molecule has 4 aromatic rings. The summed E-state index contributed by atoms with van der Waals surface area (Å²) in [5.74, 6) is 0.576. The predicted molar refractivity (Wildman–Crippen MR) is 124 cm³/mol. The molecule has 0 saturated heterocycles. The summed E-state index contributed by atoms with van der Waals surface area (Å²) in [6.45, 7) is 8.69. The first kappa shape index (κ1) is 20.9. The molecule has 32 heavy (non-hydrogen) atoms. The number of nitrogens with one attached hydrogen (secondary N) is 1. The number of H-pyrrole nitrogens is 1. The molecule has 1 N–H and O–H groups in total. The third-order valence-electron chi connectivity index (χ3n) is 5.87. The lowest BCUT2D eigenvalue weighted by atomic mass is 9.97. The van der Waals surface area contributed by atoms with E-state index in [0.29, 0.717) is 18.9 Å². The fourth-order valence-electron chi connectivity index (χ4n) is 4.23. The van der Waals surface area contributed by atoms with Crippen molar-refractivity contribution in [3.05, 3.63) is 71.2 Å². The molecule has 166 valence electrons. The minimum Gasteiger partial charge on any atom is -0.435 e. The Hall–Kier alpha value is -2.99. The van der Waals surface area contributed by atoms with Crippen LogP contribution in [0.5, 0.6) is 0 Å². The second-order valence-electron chi connectivity index (χ2n) is 9.35. The van der Waals surface area contributed by atoms with E-state index >= 15 is 0 Å². The Labute approximate surface area is 188 Å². The van der Waals surface area contributed by atoms with Crippen molar-refractivity contribution in [3.8, 4) is 0 Å². The average molecular weight is 450 g/mol. The van der Waals surface area contributed by atoms with Gasteiger partial charge >= 0.3 is 0 Å². The van der Waals surface area contributed by atoms with Crippen molar-refractivity contribution in [2.24, 2.45) is 0 Å². The zero-order valence-electron chi connectivity index (χ0n) is 18.7. The highest BCUT2D eigenvalue weighted by Gasteiger charge is 2.38. The molecule has 0 saturated carbocycles. The van der Waals surface area contributed by atoms with Gasteiger partial charge in [0.2, 0.25) is 11.7 Å². The zero-order valence-corrected chi connectivity index (χ0v) is 19.8. The number of pyridine rings is 1. The maximum Gasteiger partial charge on any atom is 0.292 e. The number of aromatic amines is 1. The van der Waals surface area contributed by atoms with E-state index in [9.17, 15) is 4.79 Å². The summed E-state index contributed by atoms with van der Waals surface area (Å²) in [5.41, 5.74) is 4.83. The van der Waals surface area contributed by atoms with Crippen molar-refractivity contribution < 1.29 is 9.21 Å². The van der Waals surface area contributed by atoms with Crippen molar-refractivity contribution in [3.63, 3.8) is 0 Å². The van der Waals surface area contributed by atoms with Crippen LogP contribution >= 0.6 is 9.24 Å². The van der Waals surface area contributed by atoms with E-state index < -0.39 is 6.04 Å². The predicted octanol–water partition coefficient (Wildman–Crippen LogP) is 4.07. The molecule has 5 heterocycles. The van der Waals surface area contributed by atoms with Gasteiger partial charge in [-0.05, 0) is 23.4 Å². The first-order chi connectivity index (χ1) is 15.2. The molecular weight excluding hydrogens is 423 g/mol. The smallest absolute Gasteiger partial charge is 0.292 e. The first-order valence-corrected chi connectivity index (χ1v) is 11.4. The van der Waals surface area contributed by atoms with E-state index in [4.69, 9.17) is 9.52 Å². The van der Waals surface area contributed by atoms with Gasteiger partial charge in [0.15, 0.2) is 0 Å². The molecular formula is C23H27N6O2P. The highest BCUT2D eigenvalue weighted by atomic mass is 31.0. The van der Waals surface area contributed by atoms with E-state index in [1.165, 1.54) is 11.8 Å². The molecule has 0 aliphatic carbocycles. The van der Waals surface area contributed by atoms with Crippen LogP contribution in [0.25, 0.3) is 5.52 Å². The molecule has 1 amide bonds. The Morgan fingerprint density at radius 2 is 2.16 bits per heavy atom. The number of carbonyl (C=O) groups excluding carboxylic acids is 1. The van der Waals surface area contributed by atoms with Gasteiger partial charge in [0, 0.05) is 30.3 Å². The van der Waals surface area contributed by atoms with Crippen LogP contribution in [0.3, 0.4) is 0 Å². The third kappa shape index (κ3) is 3.43. The van der Waals surface area contributed by atoms with Crippen LogP contribution in [0.1, 0.15) is 78.5 Å². The lowest BCUT2D eigenvalue weighted by Gasteiger charge is -2.33. The van der Waals surface area contributed by atoms with Gasteiger partial charge in [0.1, 0.15) is 6.04 Å². The molecule has 2 unspecified atom stereocenters. The molecule has 5 rings (SSSR count). The maximum atomic E-state index is 13.6. The van der Waals surface area contributed by atoms with Gasteiger partial charge in [-0.3, -0.25) is 4.79 Å². The molecule has 3 atom stereocenters. The van der Waals surface area contributed by atoms with Gasteiger partial charge in [0.25, 0.3) is 5.91 Å². The number of hydrogen-bond donors (Lipinski definition) is 1. The van der Waals surface area contributed by atoms with E-state index in [1.54, 1.807) is 11.2 Å². The van der Waals surface area contributed by atoms with Gasteiger partial charge < -0.3 is 14.3 Å². The standard InChI is InChI=1S/C23H27N6O2P/c1-13(32)14-6-5-8-29-17(14)10-16(27-29)20-19-15(25-12-26-19)7-9-28(20)21(30)18-11-24-22(31-18)23(2,3)4/h5-6,8,10-13,20H,7,9,32H2,1-4H3,(H,25,26)/t13?,20-/m1/s1. The molecule has 0 spiro atoms. The Morgan fingerprint density at radius 1 is 1.34 bits per heavy atom. The van der Waals surface area contributed by atoms with E-state index in [2.05, 4.69) is 43.2 Å². The van der Waals surface area contributed by atoms with Crippen LogP contribution in [0.2, 0.25) is 0 Å². The fourth-order valence-corrected chi connectivity index (χ4v) is 4.51. The molecule has 1 aliphatic heterocycles. The summed E-state index contributed by atoms with van der Waals surface area (Å²) < 4.78 is 7.74. The topological polar surface area (TPSA) is 92.3 Å². The Morgan fingerprint density at radius 3 is 2.88 bits per heavy atom. The Kier molecular flexibility index (Phi) is 4.93. The summed E-state index contributed by atoms with van der Waals surface area (Å²) in [6, 6.07) is 5.75. The van der Waals surface area contributed by atoms with Crippen LogP contribution in [0, 0.1) is 0 Å². The molecule has 1 aliphatic rings. The van der Waals surface area contributed by atoms with Crippen molar-refractivity contribution >= 4 is 20.7 Å². The summed E-state index contributed by atoms with van der Waals surface area (Å²) >= 11 is 0. The summed E-state index contributed by atoms with van der Waals surface area (Å²) in [4.78, 5) is 27.5. The van der Waals surface area contributed by atoms with E-state index in [0.717, 1.165) is 22.6 Å². The number of amides is 1. The van der Waals surface area contributed by atoms with Gasteiger partial charge in [-0.1, -0.05) is 33.8 Å². The summed E-state index contributed by atoms with van der Waals surface area (Å²) in [5, 5.41) is 4.84. The van der Waals surface area contributed by atoms with Crippen LogP contribution in [-0.2, 0) is 11.8 Å². The molecule has 0 bridgehead atoms. The number of rotatable bonds is 3. The van der Waals surface area contributed by atoms with Crippen molar-refractivity contribution in [1.29, 1.82) is 0 Å². The lowest BCUT2D eigenvalue weighted by molar-refractivity contribution is 0.0650. The minimum atomic E-state index is -0.409. The van der Waals surface area contributed by atoms with Crippen molar-refractivity contribution in [2.45, 2.75) is 51.2 Å². The Balaban J connectivity index is 1.60. The highest BCUT2D eigenvalue weighted by molar-refractivity contribution is 7.17. The van der Waals surface area contributed by atoms with Gasteiger partial charge in [0.05, 0.1) is 29.4 Å².